The van der Waals surface area contributed by atoms with Gasteiger partial charge in [-0.25, -0.2) is 0 Å². The van der Waals surface area contributed by atoms with E-state index in [1.54, 1.807) is 12.4 Å². The Balaban J connectivity index is 2.06. The molecule has 4 nitrogen and oxygen atoms in total. The SMILES string of the molecule is Nc1ccncc1C(N)C1(c2ccccc2)CCOCC1. The fraction of sp³-hybridized carbons (Fsp3) is 0.353. The van der Waals surface area contributed by atoms with Crippen LogP contribution in [0.15, 0.2) is 48.8 Å². The predicted octanol–water partition coefficient (Wildman–Crippen LogP) is 2.41. The van der Waals surface area contributed by atoms with Crippen LogP contribution in [0.5, 0.6) is 0 Å². The van der Waals surface area contributed by atoms with Crippen LogP contribution in [0, 0.1) is 0 Å². The molecular formula is C17H21N3O. The molecule has 0 spiro atoms. The summed E-state index contributed by atoms with van der Waals surface area (Å²) in [6.45, 7) is 1.45. The number of aromatic nitrogens is 1. The van der Waals surface area contributed by atoms with Gasteiger partial charge < -0.3 is 16.2 Å². The number of nitrogens with two attached hydrogens (primary N) is 2. The van der Waals surface area contributed by atoms with Crippen molar-refractivity contribution in [3.63, 3.8) is 0 Å². The van der Waals surface area contributed by atoms with E-state index in [9.17, 15) is 0 Å². The summed E-state index contributed by atoms with van der Waals surface area (Å²) in [6.07, 6.45) is 5.28. The summed E-state index contributed by atoms with van der Waals surface area (Å²) in [4.78, 5) is 4.19. The molecule has 21 heavy (non-hydrogen) atoms. The second-order valence-corrected chi connectivity index (χ2v) is 5.62. The molecule has 1 unspecified atom stereocenters. The van der Waals surface area contributed by atoms with Gasteiger partial charge >= 0.3 is 0 Å². The van der Waals surface area contributed by atoms with Crippen molar-refractivity contribution in [2.24, 2.45) is 5.73 Å². The third kappa shape index (κ3) is 2.52. The largest absolute Gasteiger partial charge is 0.398 e. The molecule has 110 valence electrons. The predicted molar refractivity (Wildman–Crippen MR) is 83.8 cm³/mol. The van der Waals surface area contributed by atoms with E-state index in [1.807, 2.05) is 12.1 Å². The molecule has 3 rings (SSSR count). The summed E-state index contributed by atoms with van der Waals surface area (Å²) in [5.74, 6) is 0. The molecule has 0 amide bonds. The Kier molecular flexibility index (Phi) is 3.90. The Morgan fingerprint density at radius 1 is 1.10 bits per heavy atom. The summed E-state index contributed by atoms with van der Waals surface area (Å²) in [6, 6.07) is 12.1. The number of nitrogens with zero attached hydrogens (tertiary/aromatic N) is 1. The standard InChI is InChI=1S/C17H21N3O/c18-15-6-9-20-12-14(15)16(19)17(7-10-21-11-8-17)13-4-2-1-3-5-13/h1-6,9,12,16H,7-8,10-11,19H2,(H2,18,20). The second-order valence-electron chi connectivity index (χ2n) is 5.62. The highest BCUT2D eigenvalue weighted by atomic mass is 16.5. The molecule has 1 atom stereocenters. The summed E-state index contributed by atoms with van der Waals surface area (Å²) in [7, 11) is 0. The van der Waals surface area contributed by atoms with Gasteiger partial charge in [0.15, 0.2) is 0 Å². The van der Waals surface area contributed by atoms with Crippen molar-refractivity contribution in [1.82, 2.24) is 4.98 Å². The molecule has 2 heterocycles. The van der Waals surface area contributed by atoms with Crippen LogP contribution in [0.3, 0.4) is 0 Å². The molecule has 4 N–H and O–H groups in total. The quantitative estimate of drug-likeness (QED) is 0.907. The highest BCUT2D eigenvalue weighted by molar-refractivity contribution is 5.48. The van der Waals surface area contributed by atoms with Crippen LogP contribution >= 0.6 is 0 Å². The third-order valence-electron chi connectivity index (χ3n) is 4.55. The molecule has 0 aliphatic carbocycles. The number of benzene rings is 1. The van der Waals surface area contributed by atoms with E-state index in [-0.39, 0.29) is 11.5 Å². The van der Waals surface area contributed by atoms with Crippen LogP contribution in [0.2, 0.25) is 0 Å². The number of ether oxygens (including phenoxy) is 1. The lowest BCUT2D eigenvalue weighted by atomic mass is 9.67. The van der Waals surface area contributed by atoms with Crippen molar-refractivity contribution in [2.45, 2.75) is 24.3 Å². The normalized spacial score (nSPS) is 19.1. The van der Waals surface area contributed by atoms with Crippen molar-refractivity contribution < 1.29 is 4.74 Å². The van der Waals surface area contributed by atoms with Crippen molar-refractivity contribution >= 4 is 5.69 Å². The first-order chi connectivity index (χ1) is 10.2. The fourth-order valence-corrected chi connectivity index (χ4v) is 3.26. The number of nitrogen functional groups attached to an aromatic ring is 1. The van der Waals surface area contributed by atoms with E-state index in [4.69, 9.17) is 16.2 Å². The lowest BCUT2D eigenvalue weighted by Crippen LogP contribution is -2.43. The van der Waals surface area contributed by atoms with Gasteiger partial charge in [0, 0.05) is 48.3 Å². The van der Waals surface area contributed by atoms with Gasteiger partial charge in [-0.1, -0.05) is 30.3 Å². The number of pyridine rings is 1. The fourth-order valence-electron chi connectivity index (χ4n) is 3.26. The molecule has 2 aromatic rings. The maximum Gasteiger partial charge on any atom is 0.0475 e. The van der Waals surface area contributed by atoms with Crippen molar-refractivity contribution in [3.8, 4) is 0 Å². The Labute approximate surface area is 125 Å². The molecule has 1 fully saturated rings. The maximum atomic E-state index is 6.66. The molecule has 1 aliphatic heterocycles. The van der Waals surface area contributed by atoms with Gasteiger partial charge in [0.25, 0.3) is 0 Å². The van der Waals surface area contributed by atoms with Gasteiger partial charge in [-0.15, -0.1) is 0 Å². The lowest BCUT2D eigenvalue weighted by Gasteiger charge is -2.42. The smallest absolute Gasteiger partial charge is 0.0475 e. The molecular weight excluding hydrogens is 262 g/mol. The Bertz CT molecular complexity index is 594. The van der Waals surface area contributed by atoms with Gasteiger partial charge in [-0.3, -0.25) is 4.98 Å². The molecule has 1 aromatic heterocycles. The monoisotopic (exact) mass is 283 g/mol. The van der Waals surface area contributed by atoms with Crippen molar-refractivity contribution in [2.75, 3.05) is 18.9 Å². The highest BCUT2D eigenvalue weighted by Gasteiger charge is 2.41. The Morgan fingerprint density at radius 3 is 2.48 bits per heavy atom. The zero-order valence-electron chi connectivity index (χ0n) is 12.0. The average molecular weight is 283 g/mol. The Morgan fingerprint density at radius 2 is 1.81 bits per heavy atom. The summed E-state index contributed by atoms with van der Waals surface area (Å²) >= 11 is 0. The molecule has 0 bridgehead atoms. The number of anilines is 1. The van der Waals surface area contributed by atoms with Gasteiger partial charge in [0.2, 0.25) is 0 Å². The first-order valence-corrected chi connectivity index (χ1v) is 7.32. The van der Waals surface area contributed by atoms with E-state index in [2.05, 4.69) is 29.2 Å². The van der Waals surface area contributed by atoms with Crippen LogP contribution < -0.4 is 11.5 Å². The molecule has 1 saturated heterocycles. The van der Waals surface area contributed by atoms with Crippen LogP contribution in [-0.4, -0.2) is 18.2 Å². The van der Waals surface area contributed by atoms with Crippen molar-refractivity contribution in [1.29, 1.82) is 0 Å². The van der Waals surface area contributed by atoms with E-state index >= 15 is 0 Å². The van der Waals surface area contributed by atoms with Crippen LogP contribution in [0.1, 0.15) is 30.0 Å². The van der Waals surface area contributed by atoms with Gasteiger partial charge in [-0.2, -0.15) is 0 Å². The third-order valence-corrected chi connectivity index (χ3v) is 4.55. The van der Waals surface area contributed by atoms with E-state index in [1.165, 1.54) is 5.56 Å². The lowest BCUT2D eigenvalue weighted by molar-refractivity contribution is 0.0398. The second kappa shape index (κ2) is 5.84. The highest BCUT2D eigenvalue weighted by Crippen LogP contribution is 2.44. The first kappa shape index (κ1) is 14.0. The van der Waals surface area contributed by atoms with Gasteiger partial charge in [-0.05, 0) is 24.5 Å². The number of hydrogen-bond acceptors (Lipinski definition) is 4. The van der Waals surface area contributed by atoms with Crippen LogP contribution in [0.4, 0.5) is 5.69 Å². The molecule has 4 heteroatoms. The van der Waals surface area contributed by atoms with Crippen LogP contribution in [0.25, 0.3) is 0 Å². The van der Waals surface area contributed by atoms with Crippen LogP contribution in [-0.2, 0) is 10.2 Å². The number of hydrogen-bond donors (Lipinski definition) is 2. The van der Waals surface area contributed by atoms with E-state index in [0.29, 0.717) is 5.69 Å². The zero-order chi connectivity index (χ0) is 14.7. The van der Waals surface area contributed by atoms with Gasteiger partial charge in [0.1, 0.15) is 0 Å². The van der Waals surface area contributed by atoms with E-state index in [0.717, 1.165) is 31.6 Å². The molecule has 0 radical (unpaired) electrons. The number of rotatable bonds is 3. The minimum absolute atomic E-state index is 0.142. The Hall–Kier alpha value is -1.91. The molecule has 1 aliphatic rings. The molecule has 1 aromatic carbocycles. The summed E-state index contributed by atoms with van der Waals surface area (Å²) in [5.41, 5.74) is 15.5. The molecule has 0 saturated carbocycles. The average Bonchev–Trinajstić information content (AvgIpc) is 2.56. The minimum Gasteiger partial charge on any atom is -0.398 e. The minimum atomic E-state index is -0.183. The summed E-state index contributed by atoms with van der Waals surface area (Å²) < 4.78 is 5.56. The maximum absolute atomic E-state index is 6.66. The van der Waals surface area contributed by atoms with Gasteiger partial charge in [0.05, 0.1) is 0 Å². The van der Waals surface area contributed by atoms with Crippen molar-refractivity contribution in [3.05, 3.63) is 59.9 Å². The summed E-state index contributed by atoms with van der Waals surface area (Å²) in [5, 5.41) is 0. The first-order valence-electron chi connectivity index (χ1n) is 7.32. The van der Waals surface area contributed by atoms with E-state index < -0.39 is 0 Å². The topological polar surface area (TPSA) is 74.2 Å². The zero-order valence-corrected chi connectivity index (χ0v) is 12.0.